The number of rotatable bonds is 5. The number of hydrogen-bond acceptors (Lipinski definition) is 5. The lowest BCUT2D eigenvalue weighted by Gasteiger charge is -2.35. The van der Waals surface area contributed by atoms with E-state index in [0.717, 1.165) is 25.3 Å². The van der Waals surface area contributed by atoms with E-state index in [1.54, 1.807) is 18.5 Å². The Bertz CT molecular complexity index is 880. The van der Waals surface area contributed by atoms with Gasteiger partial charge in [-0.1, -0.05) is 30.3 Å². The zero-order valence-electron chi connectivity index (χ0n) is 15.0. The van der Waals surface area contributed by atoms with Crippen LogP contribution >= 0.6 is 0 Å². The summed E-state index contributed by atoms with van der Waals surface area (Å²) in [6, 6.07) is 18.1. The van der Waals surface area contributed by atoms with Crippen molar-refractivity contribution < 1.29 is 9.21 Å². The first-order chi connectivity index (χ1) is 13.3. The van der Waals surface area contributed by atoms with Gasteiger partial charge in [0.25, 0.3) is 5.91 Å². The minimum Gasteiger partial charge on any atom is -0.467 e. The van der Waals surface area contributed by atoms with Crippen molar-refractivity contribution in [2.45, 2.75) is 12.6 Å². The predicted molar refractivity (Wildman–Crippen MR) is 104 cm³/mol. The molecule has 0 bridgehead atoms. The fourth-order valence-electron chi connectivity index (χ4n) is 3.30. The van der Waals surface area contributed by atoms with Crippen molar-refractivity contribution in [1.82, 2.24) is 15.6 Å². The highest BCUT2D eigenvalue weighted by atomic mass is 16.3. The lowest BCUT2D eigenvalue weighted by molar-refractivity contribution is 0.0943. The van der Waals surface area contributed by atoms with Crippen molar-refractivity contribution in [1.29, 1.82) is 0 Å². The third-order valence-electron chi connectivity index (χ3n) is 4.72. The van der Waals surface area contributed by atoms with Gasteiger partial charge in [0.2, 0.25) is 0 Å². The maximum Gasteiger partial charge on any atom is 0.270 e. The van der Waals surface area contributed by atoms with Gasteiger partial charge in [0.15, 0.2) is 0 Å². The van der Waals surface area contributed by atoms with Crippen molar-refractivity contribution in [2.75, 3.05) is 24.5 Å². The van der Waals surface area contributed by atoms with Crippen LogP contribution in [-0.4, -0.2) is 30.5 Å². The van der Waals surface area contributed by atoms with Gasteiger partial charge >= 0.3 is 0 Å². The second-order valence-corrected chi connectivity index (χ2v) is 6.52. The molecule has 1 aliphatic heterocycles. The number of benzene rings is 1. The van der Waals surface area contributed by atoms with E-state index in [9.17, 15) is 4.79 Å². The van der Waals surface area contributed by atoms with Gasteiger partial charge in [-0.25, -0.2) is 0 Å². The highest BCUT2D eigenvalue weighted by Gasteiger charge is 2.21. The SMILES string of the molecule is O=C(NCc1ccco1)c1cc(N2CCNC(c3ccccc3)C2)ccn1. The first-order valence-electron chi connectivity index (χ1n) is 9.09. The number of carbonyl (C=O) groups excluding carboxylic acids is 1. The van der Waals surface area contributed by atoms with Gasteiger partial charge < -0.3 is 20.0 Å². The van der Waals surface area contributed by atoms with E-state index in [-0.39, 0.29) is 11.9 Å². The first-order valence-corrected chi connectivity index (χ1v) is 9.09. The topological polar surface area (TPSA) is 70.4 Å². The number of piperazine rings is 1. The molecule has 1 atom stereocenters. The van der Waals surface area contributed by atoms with Crippen LogP contribution in [0.25, 0.3) is 0 Å². The van der Waals surface area contributed by atoms with Crippen LogP contribution in [0.1, 0.15) is 27.9 Å². The highest BCUT2D eigenvalue weighted by Crippen LogP contribution is 2.22. The largest absolute Gasteiger partial charge is 0.467 e. The first kappa shape index (κ1) is 17.3. The summed E-state index contributed by atoms with van der Waals surface area (Å²) in [7, 11) is 0. The lowest BCUT2D eigenvalue weighted by Crippen LogP contribution is -2.46. The summed E-state index contributed by atoms with van der Waals surface area (Å²) in [5.41, 5.74) is 2.69. The summed E-state index contributed by atoms with van der Waals surface area (Å²) in [4.78, 5) is 18.9. The molecule has 4 rings (SSSR count). The van der Waals surface area contributed by atoms with Crippen LogP contribution in [0.15, 0.2) is 71.5 Å². The molecule has 0 saturated carbocycles. The highest BCUT2D eigenvalue weighted by molar-refractivity contribution is 5.93. The zero-order chi connectivity index (χ0) is 18.5. The number of hydrogen-bond donors (Lipinski definition) is 2. The van der Waals surface area contributed by atoms with Crippen molar-refractivity contribution in [3.63, 3.8) is 0 Å². The van der Waals surface area contributed by atoms with E-state index in [1.165, 1.54) is 5.56 Å². The molecule has 138 valence electrons. The van der Waals surface area contributed by atoms with E-state index in [2.05, 4.69) is 44.8 Å². The number of pyridine rings is 1. The summed E-state index contributed by atoms with van der Waals surface area (Å²) in [6.07, 6.45) is 3.28. The summed E-state index contributed by atoms with van der Waals surface area (Å²) >= 11 is 0. The van der Waals surface area contributed by atoms with Gasteiger partial charge in [0, 0.05) is 37.6 Å². The van der Waals surface area contributed by atoms with Crippen molar-refractivity contribution >= 4 is 11.6 Å². The minimum absolute atomic E-state index is 0.206. The fourth-order valence-corrected chi connectivity index (χ4v) is 3.30. The fraction of sp³-hybridized carbons (Fsp3) is 0.238. The Balaban J connectivity index is 1.44. The van der Waals surface area contributed by atoms with Gasteiger partial charge in [0.05, 0.1) is 12.8 Å². The number of aromatic nitrogens is 1. The Morgan fingerprint density at radius 3 is 2.93 bits per heavy atom. The number of carbonyl (C=O) groups is 1. The molecule has 1 amide bonds. The number of nitrogens with zero attached hydrogens (tertiary/aromatic N) is 2. The van der Waals surface area contributed by atoms with Crippen LogP contribution in [0.3, 0.4) is 0 Å². The van der Waals surface area contributed by atoms with Gasteiger partial charge in [-0.2, -0.15) is 0 Å². The Morgan fingerprint density at radius 2 is 2.11 bits per heavy atom. The molecule has 3 heterocycles. The predicted octanol–water partition coefficient (Wildman–Crippen LogP) is 2.76. The van der Waals surface area contributed by atoms with Crippen LogP contribution in [0.4, 0.5) is 5.69 Å². The lowest BCUT2D eigenvalue weighted by atomic mass is 10.0. The van der Waals surface area contributed by atoms with Crippen LogP contribution in [0.2, 0.25) is 0 Å². The van der Waals surface area contributed by atoms with Crippen molar-refractivity contribution in [3.8, 4) is 0 Å². The number of nitrogens with one attached hydrogen (secondary N) is 2. The number of furan rings is 1. The molecule has 6 heteroatoms. The van der Waals surface area contributed by atoms with E-state index >= 15 is 0 Å². The third kappa shape index (κ3) is 4.17. The van der Waals surface area contributed by atoms with Crippen LogP contribution in [-0.2, 0) is 6.54 Å². The smallest absolute Gasteiger partial charge is 0.270 e. The van der Waals surface area contributed by atoms with E-state index in [4.69, 9.17) is 4.42 Å². The molecule has 1 aromatic carbocycles. The third-order valence-corrected chi connectivity index (χ3v) is 4.72. The number of anilines is 1. The summed E-state index contributed by atoms with van der Waals surface area (Å²) in [6.45, 7) is 2.98. The van der Waals surface area contributed by atoms with Crippen LogP contribution < -0.4 is 15.5 Å². The molecular formula is C21H22N4O2. The standard InChI is InChI=1S/C21H22N4O2/c26-21(24-14-18-7-4-12-27-18)19-13-17(8-9-22-19)25-11-10-23-20(15-25)16-5-2-1-3-6-16/h1-9,12-13,20,23H,10-11,14-15H2,(H,24,26). The van der Waals surface area contributed by atoms with Gasteiger partial charge in [-0.05, 0) is 29.8 Å². The second kappa shape index (κ2) is 8.05. The van der Waals surface area contributed by atoms with E-state index in [1.807, 2.05) is 24.3 Å². The molecule has 0 spiro atoms. The van der Waals surface area contributed by atoms with Crippen molar-refractivity contribution in [3.05, 3.63) is 84.1 Å². The summed E-state index contributed by atoms with van der Waals surface area (Å²) < 4.78 is 5.24. The molecule has 1 unspecified atom stereocenters. The molecule has 2 N–H and O–H groups in total. The second-order valence-electron chi connectivity index (χ2n) is 6.52. The molecular weight excluding hydrogens is 340 g/mol. The zero-order valence-corrected chi connectivity index (χ0v) is 15.0. The molecule has 1 aliphatic rings. The molecule has 0 radical (unpaired) electrons. The van der Waals surface area contributed by atoms with Gasteiger partial charge in [-0.3, -0.25) is 9.78 Å². The molecule has 2 aromatic heterocycles. The molecule has 1 fully saturated rings. The number of amides is 1. The minimum atomic E-state index is -0.206. The summed E-state index contributed by atoms with van der Waals surface area (Å²) in [5, 5.41) is 6.40. The Morgan fingerprint density at radius 1 is 1.22 bits per heavy atom. The normalized spacial score (nSPS) is 16.9. The molecule has 0 aliphatic carbocycles. The molecule has 1 saturated heterocycles. The molecule has 27 heavy (non-hydrogen) atoms. The Hall–Kier alpha value is -3.12. The van der Waals surface area contributed by atoms with Gasteiger partial charge in [0.1, 0.15) is 11.5 Å². The average Bonchev–Trinajstić information content (AvgIpc) is 3.26. The Kier molecular flexibility index (Phi) is 5.16. The summed E-state index contributed by atoms with van der Waals surface area (Å²) in [5.74, 6) is 0.510. The maximum absolute atomic E-state index is 12.4. The Labute approximate surface area is 158 Å². The maximum atomic E-state index is 12.4. The van der Waals surface area contributed by atoms with E-state index in [0.29, 0.717) is 18.0 Å². The average molecular weight is 362 g/mol. The quantitative estimate of drug-likeness (QED) is 0.730. The van der Waals surface area contributed by atoms with Gasteiger partial charge in [-0.15, -0.1) is 0 Å². The monoisotopic (exact) mass is 362 g/mol. The molecule has 3 aromatic rings. The van der Waals surface area contributed by atoms with Crippen LogP contribution in [0.5, 0.6) is 0 Å². The van der Waals surface area contributed by atoms with Crippen molar-refractivity contribution in [2.24, 2.45) is 0 Å². The van der Waals surface area contributed by atoms with Crippen LogP contribution in [0, 0.1) is 0 Å². The van der Waals surface area contributed by atoms with E-state index < -0.39 is 0 Å². The molecule has 6 nitrogen and oxygen atoms in total.